The Hall–Kier alpha value is -3.39. The van der Waals surface area contributed by atoms with Gasteiger partial charge in [0.1, 0.15) is 23.8 Å². The fourth-order valence-corrected chi connectivity index (χ4v) is 3.21. The number of aliphatic hydroxyl groups excluding tert-OH is 1. The van der Waals surface area contributed by atoms with Crippen molar-refractivity contribution in [3.05, 3.63) is 71.6 Å². The van der Waals surface area contributed by atoms with Gasteiger partial charge in [-0.1, -0.05) is 18.1 Å². The first-order chi connectivity index (χ1) is 14.1. The standard InChI is InChI=1S/C21H20FN5O2/c1-13(16-10-15-4-3-7-23-19(15)11-17(16)22)20-12-24-21-6-5-18(25-27(20)21)14(2)26-29-9-8-28/h3-7,10-13,28H,8-9H2,1-2H3/t13-/m0/s1. The Labute approximate surface area is 166 Å². The molecule has 0 unspecified atom stereocenters. The largest absolute Gasteiger partial charge is 0.393 e. The first-order valence-electron chi connectivity index (χ1n) is 9.25. The Morgan fingerprint density at radius 3 is 2.97 bits per heavy atom. The van der Waals surface area contributed by atoms with Crippen molar-refractivity contribution in [1.29, 1.82) is 0 Å². The van der Waals surface area contributed by atoms with Gasteiger partial charge in [0, 0.05) is 23.6 Å². The maximum atomic E-state index is 14.8. The van der Waals surface area contributed by atoms with Crippen LogP contribution in [0, 0.1) is 5.82 Å². The van der Waals surface area contributed by atoms with Gasteiger partial charge in [-0.25, -0.2) is 13.9 Å². The van der Waals surface area contributed by atoms with Crippen LogP contribution in [0.2, 0.25) is 0 Å². The van der Waals surface area contributed by atoms with E-state index >= 15 is 0 Å². The number of imidazole rings is 1. The molecule has 0 fully saturated rings. The number of oxime groups is 1. The summed E-state index contributed by atoms with van der Waals surface area (Å²) >= 11 is 0. The molecule has 0 saturated heterocycles. The summed E-state index contributed by atoms with van der Waals surface area (Å²) in [6.07, 6.45) is 3.35. The minimum atomic E-state index is -0.315. The molecule has 0 aliphatic heterocycles. The maximum Gasteiger partial charge on any atom is 0.153 e. The molecule has 0 bridgehead atoms. The molecule has 29 heavy (non-hydrogen) atoms. The third kappa shape index (κ3) is 3.66. The molecule has 1 aromatic carbocycles. The number of benzene rings is 1. The predicted octanol–water partition coefficient (Wildman–Crippen LogP) is 3.30. The Morgan fingerprint density at radius 1 is 1.28 bits per heavy atom. The molecule has 148 valence electrons. The van der Waals surface area contributed by atoms with Crippen LogP contribution in [0.3, 0.4) is 0 Å². The highest BCUT2D eigenvalue weighted by molar-refractivity contribution is 5.96. The van der Waals surface area contributed by atoms with E-state index in [4.69, 9.17) is 9.94 Å². The van der Waals surface area contributed by atoms with E-state index < -0.39 is 0 Å². The van der Waals surface area contributed by atoms with E-state index in [0.717, 1.165) is 11.1 Å². The van der Waals surface area contributed by atoms with Crippen LogP contribution in [0.1, 0.15) is 36.7 Å². The molecule has 3 heterocycles. The average Bonchev–Trinajstić information content (AvgIpc) is 3.16. The molecular formula is C21H20FN5O2. The number of aliphatic hydroxyl groups is 1. The lowest BCUT2D eigenvalue weighted by Gasteiger charge is -2.14. The fourth-order valence-electron chi connectivity index (χ4n) is 3.21. The highest BCUT2D eigenvalue weighted by Crippen LogP contribution is 2.29. The van der Waals surface area contributed by atoms with Crippen LogP contribution < -0.4 is 0 Å². The van der Waals surface area contributed by atoms with Crippen molar-refractivity contribution >= 4 is 22.3 Å². The lowest BCUT2D eigenvalue weighted by Crippen LogP contribution is -2.09. The molecule has 4 aromatic rings. The van der Waals surface area contributed by atoms with Crippen molar-refractivity contribution < 1.29 is 14.3 Å². The number of halogens is 1. The van der Waals surface area contributed by atoms with E-state index in [1.807, 2.05) is 31.2 Å². The van der Waals surface area contributed by atoms with E-state index in [2.05, 4.69) is 20.2 Å². The molecule has 0 radical (unpaired) electrons. The molecule has 0 aliphatic rings. The van der Waals surface area contributed by atoms with E-state index in [9.17, 15) is 4.39 Å². The van der Waals surface area contributed by atoms with Gasteiger partial charge in [-0.15, -0.1) is 0 Å². The van der Waals surface area contributed by atoms with Gasteiger partial charge >= 0.3 is 0 Å². The van der Waals surface area contributed by atoms with Gasteiger partial charge in [0.2, 0.25) is 0 Å². The van der Waals surface area contributed by atoms with Gasteiger partial charge in [-0.2, -0.15) is 5.10 Å². The van der Waals surface area contributed by atoms with E-state index in [1.54, 1.807) is 29.9 Å². The summed E-state index contributed by atoms with van der Waals surface area (Å²) in [7, 11) is 0. The number of nitrogens with zero attached hydrogens (tertiary/aromatic N) is 5. The Kier molecular flexibility index (Phi) is 5.18. The topological polar surface area (TPSA) is 84.9 Å². The van der Waals surface area contributed by atoms with E-state index in [0.29, 0.717) is 28.1 Å². The summed E-state index contributed by atoms with van der Waals surface area (Å²) in [4.78, 5) is 13.6. The molecule has 0 saturated carbocycles. The molecule has 1 N–H and O–H groups in total. The number of hydrogen-bond acceptors (Lipinski definition) is 6. The highest BCUT2D eigenvalue weighted by atomic mass is 19.1. The normalized spacial score (nSPS) is 13.2. The van der Waals surface area contributed by atoms with Crippen LogP contribution in [0.25, 0.3) is 16.6 Å². The third-order valence-corrected chi connectivity index (χ3v) is 4.78. The maximum absolute atomic E-state index is 14.8. The summed E-state index contributed by atoms with van der Waals surface area (Å²) in [5, 5.41) is 18.2. The number of rotatable bonds is 6. The third-order valence-electron chi connectivity index (χ3n) is 4.78. The van der Waals surface area contributed by atoms with Crippen LogP contribution in [0.15, 0.2) is 53.9 Å². The Bertz CT molecular complexity index is 1200. The predicted molar refractivity (Wildman–Crippen MR) is 107 cm³/mol. The smallest absolute Gasteiger partial charge is 0.153 e. The van der Waals surface area contributed by atoms with Gasteiger partial charge in [-0.05, 0) is 36.8 Å². The monoisotopic (exact) mass is 393 g/mol. The van der Waals surface area contributed by atoms with E-state index in [-0.39, 0.29) is 24.9 Å². The molecule has 0 aliphatic carbocycles. The van der Waals surface area contributed by atoms with Crippen molar-refractivity contribution in [2.24, 2.45) is 5.16 Å². The Balaban J connectivity index is 1.75. The van der Waals surface area contributed by atoms with Crippen molar-refractivity contribution in [3.8, 4) is 0 Å². The quantitative estimate of drug-likeness (QED) is 0.309. The molecule has 1 atom stereocenters. The molecule has 3 aromatic heterocycles. The molecule has 4 rings (SSSR count). The van der Waals surface area contributed by atoms with Gasteiger partial charge in [-0.3, -0.25) is 4.98 Å². The molecule has 0 amide bonds. The van der Waals surface area contributed by atoms with Crippen LogP contribution >= 0.6 is 0 Å². The zero-order valence-electron chi connectivity index (χ0n) is 16.1. The van der Waals surface area contributed by atoms with Crippen molar-refractivity contribution in [2.75, 3.05) is 13.2 Å². The fraction of sp³-hybridized carbons (Fsp3) is 0.238. The second-order valence-corrected chi connectivity index (χ2v) is 6.70. The van der Waals surface area contributed by atoms with Crippen LogP contribution in [-0.4, -0.2) is 43.6 Å². The zero-order chi connectivity index (χ0) is 20.4. The zero-order valence-corrected chi connectivity index (χ0v) is 16.1. The SMILES string of the molecule is CC(=NOCCO)c1ccc2ncc([C@@H](C)c3cc4cccnc4cc3F)n2n1. The summed E-state index contributed by atoms with van der Waals surface area (Å²) in [5.41, 5.74) is 3.75. The average molecular weight is 393 g/mol. The van der Waals surface area contributed by atoms with Crippen molar-refractivity contribution in [2.45, 2.75) is 19.8 Å². The summed E-state index contributed by atoms with van der Waals surface area (Å²) < 4.78 is 16.5. The van der Waals surface area contributed by atoms with Gasteiger partial charge in [0.15, 0.2) is 5.65 Å². The van der Waals surface area contributed by atoms with Crippen molar-refractivity contribution in [3.63, 3.8) is 0 Å². The first-order valence-corrected chi connectivity index (χ1v) is 9.25. The lowest BCUT2D eigenvalue weighted by molar-refractivity contribution is 0.0986. The molecule has 8 heteroatoms. The molecule has 0 spiro atoms. The second kappa shape index (κ2) is 7.92. The van der Waals surface area contributed by atoms with Gasteiger partial charge < -0.3 is 9.94 Å². The van der Waals surface area contributed by atoms with E-state index in [1.165, 1.54) is 6.07 Å². The summed E-state index contributed by atoms with van der Waals surface area (Å²) in [5.74, 6) is -0.592. The number of pyridine rings is 1. The Morgan fingerprint density at radius 2 is 2.14 bits per heavy atom. The van der Waals surface area contributed by atoms with Crippen molar-refractivity contribution in [1.82, 2.24) is 19.6 Å². The minimum Gasteiger partial charge on any atom is -0.393 e. The number of aromatic nitrogens is 4. The summed E-state index contributed by atoms with van der Waals surface area (Å²) in [6, 6.07) is 10.6. The lowest BCUT2D eigenvalue weighted by atomic mass is 9.96. The molecular weight excluding hydrogens is 373 g/mol. The summed E-state index contributed by atoms with van der Waals surface area (Å²) in [6.45, 7) is 3.69. The van der Waals surface area contributed by atoms with Crippen LogP contribution in [0.4, 0.5) is 4.39 Å². The van der Waals surface area contributed by atoms with Gasteiger partial charge in [0.05, 0.1) is 24.0 Å². The first kappa shape index (κ1) is 18.9. The number of fused-ring (bicyclic) bond motifs is 2. The van der Waals surface area contributed by atoms with Gasteiger partial charge in [0.25, 0.3) is 0 Å². The second-order valence-electron chi connectivity index (χ2n) is 6.70. The van der Waals surface area contributed by atoms with Crippen LogP contribution in [-0.2, 0) is 4.84 Å². The van der Waals surface area contributed by atoms with Crippen LogP contribution in [0.5, 0.6) is 0 Å². The molecule has 7 nitrogen and oxygen atoms in total. The minimum absolute atomic E-state index is 0.112. The number of hydrogen-bond donors (Lipinski definition) is 1. The highest BCUT2D eigenvalue weighted by Gasteiger charge is 2.19.